The molecule has 0 aliphatic carbocycles. The average Bonchev–Trinajstić information content (AvgIpc) is 2.51. The van der Waals surface area contributed by atoms with Crippen molar-refractivity contribution in [2.24, 2.45) is 0 Å². The molecule has 0 aliphatic rings. The van der Waals surface area contributed by atoms with Gasteiger partial charge in [0.2, 0.25) is 6.20 Å². The van der Waals surface area contributed by atoms with E-state index >= 15 is 0 Å². The summed E-state index contributed by atoms with van der Waals surface area (Å²) in [4.78, 5) is 9.77. The minimum Gasteiger partial charge on any atom is -0.493 e. The summed E-state index contributed by atoms with van der Waals surface area (Å²) >= 11 is 0. The largest absolute Gasteiger partial charge is 0.493 e. The van der Waals surface area contributed by atoms with Gasteiger partial charge >= 0.3 is 0 Å². The number of hydrogen-bond acceptors (Lipinski definition) is 4. The molecule has 0 unspecified atom stereocenters. The predicted molar refractivity (Wildman–Crippen MR) is 79.8 cm³/mol. The molecule has 0 fully saturated rings. The van der Waals surface area contributed by atoms with E-state index < -0.39 is 4.92 Å². The van der Waals surface area contributed by atoms with Gasteiger partial charge in [-0.25, -0.2) is 4.39 Å². The third-order valence-corrected chi connectivity index (χ3v) is 2.86. The van der Waals surface area contributed by atoms with Gasteiger partial charge < -0.3 is 9.47 Å². The molecule has 0 saturated carbocycles. The summed E-state index contributed by atoms with van der Waals surface area (Å²) in [5.41, 5.74) is 1.31. The molecule has 2 rings (SSSR count). The van der Waals surface area contributed by atoms with E-state index in [1.807, 2.05) is 0 Å². The molecule has 0 aliphatic heterocycles. The molecular weight excluding hydrogens is 289 g/mol. The lowest BCUT2D eigenvalue weighted by molar-refractivity contribution is -0.400. The third kappa shape index (κ3) is 4.31. The van der Waals surface area contributed by atoms with Crippen molar-refractivity contribution in [2.75, 3.05) is 7.11 Å². The van der Waals surface area contributed by atoms with Crippen molar-refractivity contribution in [1.82, 2.24) is 0 Å². The van der Waals surface area contributed by atoms with E-state index in [0.717, 1.165) is 6.20 Å². The zero-order chi connectivity index (χ0) is 15.9. The first-order valence-corrected chi connectivity index (χ1v) is 6.45. The maximum Gasteiger partial charge on any atom is 0.235 e. The summed E-state index contributed by atoms with van der Waals surface area (Å²) in [5.74, 6) is 0.597. The van der Waals surface area contributed by atoms with Gasteiger partial charge in [0, 0.05) is 6.08 Å². The Morgan fingerprint density at radius 1 is 1.23 bits per heavy atom. The number of halogens is 1. The zero-order valence-electron chi connectivity index (χ0n) is 11.9. The summed E-state index contributed by atoms with van der Waals surface area (Å²) in [5, 5.41) is 10.3. The van der Waals surface area contributed by atoms with Crippen LogP contribution in [-0.4, -0.2) is 12.0 Å². The van der Waals surface area contributed by atoms with Gasteiger partial charge in [-0.3, -0.25) is 10.1 Å². The van der Waals surface area contributed by atoms with Gasteiger partial charge in [-0.2, -0.15) is 0 Å². The fourth-order valence-electron chi connectivity index (χ4n) is 1.84. The molecule has 0 radical (unpaired) electrons. The van der Waals surface area contributed by atoms with E-state index in [1.165, 1.54) is 25.3 Å². The maximum atomic E-state index is 13.1. The molecule has 0 aromatic heterocycles. The summed E-state index contributed by atoms with van der Waals surface area (Å²) in [6.07, 6.45) is 2.21. The Balaban J connectivity index is 2.12. The van der Waals surface area contributed by atoms with Gasteiger partial charge in [0.15, 0.2) is 11.5 Å². The van der Waals surface area contributed by atoms with Crippen molar-refractivity contribution in [3.05, 3.63) is 75.7 Å². The van der Waals surface area contributed by atoms with Crippen molar-refractivity contribution in [2.45, 2.75) is 6.61 Å². The lowest BCUT2D eigenvalue weighted by Crippen LogP contribution is -1.98. The summed E-state index contributed by atoms with van der Waals surface area (Å²) in [6.45, 7) is 0.193. The number of ether oxygens (including phenoxy) is 2. The van der Waals surface area contributed by atoms with Crippen LogP contribution in [0.5, 0.6) is 11.5 Å². The molecule has 0 saturated heterocycles. The second-order valence-corrected chi connectivity index (χ2v) is 4.43. The van der Waals surface area contributed by atoms with Crippen LogP contribution in [0.2, 0.25) is 0 Å². The van der Waals surface area contributed by atoms with Crippen LogP contribution in [0.25, 0.3) is 6.08 Å². The second kappa shape index (κ2) is 7.21. The van der Waals surface area contributed by atoms with Crippen molar-refractivity contribution in [3.8, 4) is 11.5 Å². The second-order valence-electron chi connectivity index (χ2n) is 4.43. The van der Waals surface area contributed by atoms with Crippen molar-refractivity contribution >= 4 is 6.08 Å². The molecule has 0 heterocycles. The Labute approximate surface area is 126 Å². The minimum absolute atomic E-state index is 0.193. The van der Waals surface area contributed by atoms with E-state index in [1.54, 1.807) is 30.3 Å². The van der Waals surface area contributed by atoms with Crippen LogP contribution in [0.1, 0.15) is 11.1 Å². The Hall–Kier alpha value is -2.89. The monoisotopic (exact) mass is 303 g/mol. The average molecular weight is 303 g/mol. The van der Waals surface area contributed by atoms with Crippen LogP contribution >= 0.6 is 0 Å². The van der Waals surface area contributed by atoms with Gasteiger partial charge in [-0.05, 0) is 35.4 Å². The smallest absolute Gasteiger partial charge is 0.235 e. The quantitative estimate of drug-likeness (QED) is 0.603. The minimum atomic E-state index is -0.541. The summed E-state index contributed by atoms with van der Waals surface area (Å²) in [7, 11) is 1.48. The normalized spacial score (nSPS) is 10.6. The Morgan fingerprint density at radius 3 is 2.73 bits per heavy atom. The van der Waals surface area contributed by atoms with E-state index in [-0.39, 0.29) is 12.4 Å². The summed E-state index contributed by atoms with van der Waals surface area (Å²) < 4.78 is 23.9. The number of hydrogen-bond donors (Lipinski definition) is 0. The lowest BCUT2D eigenvalue weighted by atomic mass is 10.2. The van der Waals surface area contributed by atoms with E-state index in [9.17, 15) is 14.5 Å². The molecule has 2 aromatic rings. The first-order valence-electron chi connectivity index (χ1n) is 6.45. The molecule has 0 bridgehead atoms. The molecule has 2 aromatic carbocycles. The van der Waals surface area contributed by atoms with E-state index in [0.29, 0.717) is 22.6 Å². The third-order valence-electron chi connectivity index (χ3n) is 2.86. The van der Waals surface area contributed by atoms with Crippen molar-refractivity contribution in [3.63, 3.8) is 0 Å². The van der Waals surface area contributed by atoms with Crippen LogP contribution < -0.4 is 9.47 Å². The van der Waals surface area contributed by atoms with Gasteiger partial charge in [0.05, 0.1) is 12.0 Å². The first-order chi connectivity index (χ1) is 10.6. The highest BCUT2D eigenvalue weighted by Gasteiger charge is 2.06. The Bertz CT molecular complexity index is 700. The van der Waals surface area contributed by atoms with Gasteiger partial charge in [0.1, 0.15) is 12.4 Å². The molecule has 5 nitrogen and oxygen atoms in total. The van der Waals surface area contributed by atoms with E-state index in [4.69, 9.17) is 9.47 Å². The fraction of sp³-hybridized carbons (Fsp3) is 0.125. The maximum absolute atomic E-state index is 13.1. The van der Waals surface area contributed by atoms with Crippen molar-refractivity contribution < 1.29 is 18.8 Å². The highest BCUT2D eigenvalue weighted by atomic mass is 19.1. The highest BCUT2D eigenvalue weighted by molar-refractivity contribution is 5.55. The van der Waals surface area contributed by atoms with E-state index in [2.05, 4.69) is 0 Å². The predicted octanol–water partition coefficient (Wildman–Crippen LogP) is 3.66. The molecular formula is C16H14FNO4. The van der Waals surface area contributed by atoms with Gasteiger partial charge in [0.25, 0.3) is 0 Å². The SMILES string of the molecule is COc1cc(/C=C/[N+](=O)[O-])ccc1OCc1cccc(F)c1. The molecule has 6 heteroatoms. The molecule has 0 amide bonds. The molecule has 114 valence electrons. The van der Waals surface area contributed by atoms with Crippen LogP contribution in [0.4, 0.5) is 4.39 Å². The van der Waals surface area contributed by atoms with Gasteiger partial charge in [-0.1, -0.05) is 18.2 Å². The highest BCUT2D eigenvalue weighted by Crippen LogP contribution is 2.29. The zero-order valence-corrected chi connectivity index (χ0v) is 11.9. The van der Waals surface area contributed by atoms with Crippen LogP contribution in [0.3, 0.4) is 0 Å². The standard InChI is InChI=1S/C16H14FNO4/c1-21-16-10-12(7-8-18(19)20)5-6-15(16)22-11-13-3-2-4-14(17)9-13/h2-10H,11H2,1H3/b8-7+. The Kier molecular flexibility index (Phi) is 5.08. The molecule has 22 heavy (non-hydrogen) atoms. The topological polar surface area (TPSA) is 61.6 Å². The summed E-state index contributed by atoms with van der Waals surface area (Å²) in [6, 6.07) is 11.1. The number of rotatable bonds is 6. The fourth-order valence-corrected chi connectivity index (χ4v) is 1.84. The van der Waals surface area contributed by atoms with Crippen LogP contribution in [-0.2, 0) is 6.61 Å². The lowest BCUT2D eigenvalue weighted by Gasteiger charge is -2.11. The van der Waals surface area contributed by atoms with Crippen LogP contribution in [0, 0.1) is 15.9 Å². The number of nitrogens with zero attached hydrogens (tertiary/aromatic N) is 1. The Morgan fingerprint density at radius 2 is 2.05 bits per heavy atom. The van der Waals surface area contributed by atoms with Gasteiger partial charge in [-0.15, -0.1) is 0 Å². The molecule has 0 spiro atoms. The number of nitro groups is 1. The van der Waals surface area contributed by atoms with Crippen molar-refractivity contribution in [1.29, 1.82) is 0 Å². The molecule has 0 N–H and O–H groups in total. The first kappa shape index (κ1) is 15.5. The molecule has 0 atom stereocenters. The number of benzene rings is 2. The van der Waals surface area contributed by atoms with Crippen LogP contribution in [0.15, 0.2) is 48.7 Å². The number of methoxy groups -OCH3 is 1.